The molecular weight excluding hydrogens is 432 g/mol. The third kappa shape index (κ3) is 6.76. The van der Waals surface area contributed by atoms with Crippen LogP contribution in [0.1, 0.15) is 76.0 Å². The van der Waals surface area contributed by atoms with Gasteiger partial charge >= 0.3 is 0 Å². The fourth-order valence-corrected chi connectivity index (χ4v) is 5.08. The lowest BCUT2D eigenvalue weighted by molar-refractivity contribution is 0.717. The van der Waals surface area contributed by atoms with Gasteiger partial charge in [-0.1, -0.05) is 137 Å². The molecule has 0 aromatic heterocycles. The molecule has 0 fully saturated rings. The normalized spacial score (nSPS) is 11.1. The summed E-state index contributed by atoms with van der Waals surface area (Å²) in [5.41, 5.74) is 12.1. The van der Waals surface area contributed by atoms with Crippen molar-refractivity contribution in [1.82, 2.24) is 0 Å². The van der Waals surface area contributed by atoms with E-state index >= 15 is 0 Å². The summed E-state index contributed by atoms with van der Waals surface area (Å²) in [4.78, 5) is 0. The van der Waals surface area contributed by atoms with Gasteiger partial charge in [-0.15, -0.1) is 0 Å². The molecule has 0 aliphatic rings. The zero-order chi connectivity index (χ0) is 25.2. The van der Waals surface area contributed by atoms with Gasteiger partial charge in [0.05, 0.1) is 0 Å². The fourth-order valence-electron chi connectivity index (χ4n) is 5.08. The van der Waals surface area contributed by atoms with Crippen LogP contribution in [0, 0.1) is 0 Å². The number of aryl methyl sites for hydroxylation is 3. The SMILES string of the molecule is CCCCCc1ccc(-c2ccc(-c3ccc(-c4ccc(CCCCC)cc4)c(CC)c3)cc2)cc1. The second-order valence-corrected chi connectivity index (χ2v) is 10.1. The van der Waals surface area contributed by atoms with Crippen LogP contribution in [0.4, 0.5) is 0 Å². The third-order valence-corrected chi connectivity index (χ3v) is 7.39. The molecule has 4 aromatic rings. The van der Waals surface area contributed by atoms with Gasteiger partial charge in [-0.3, -0.25) is 0 Å². The molecule has 0 heterocycles. The maximum Gasteiger partial charge on any atom is -0.0152 e. The summed E-state index contributed by atoms with van der Waals surface area (Å²) in [5, 5.41) is 0. The molecule has 4 aromatic carbocycles. The van der Waals surface area contributed by atoms with Gasteiger partial charge in [-0.2, -0.15) is 0 Å². The Morgan fingerprint density at radius 3 is 1.31 bits per heavy atom. The van der Waals surface area contributed by atoms with Crippen LogP contribution >= 0.6 is 0 Å². The summed E-state index contributed by atoms with van der Waals surface area (Å²) in [6.45, 7) is 6.79. The predicted molar refractivity (Wildman–Crippen MR) is 159 cm³/mol. The number of benzene rings is 4. The second-order valence-electron chi connectivity index (χ2n) is 10.1. The quantitative estimate of drug-likeness (QED) is 0.179. The van der Waals surface area contributed by atoms with Crippen LogP contribution in [-0.2, 0) is 19.3 Å². The summed E-state index contributed by atoms with van der Waals surface area (Å²) in [7, 11) is 0. The second kappa shape index (κ2) is 13.3. The zero-order valence-corrected chi connectivity index (χ0v) is 22.5. The van der Waals surface area contributed by atoms with Gasteiger partial charge in [-0.05, 0) is 82.2 Å². The van der Waals surface area contributed by atoms with E-state index in [1.165, 1.54) is 101 Å². The molecule has 0 N–H and O–H groups in total. The maximum atomic E-state index is 2.38. The minimum Gasteiger partial charge on any atom is -0.0654 e. The van der Waals surface area contributed by atoms with E-state index in [-0.39, 0.29) is 0 Å². The monoisotopic (exact) mass is 474 g/mol. The molecule has 0 nitrogen and oxygen atoms in total. The average molecular weight is 475 g/mol. The number of hydrogen-bond acceptors (Lipinski definition) is 0. The topological polar surface area (TPSA) is 0 Å². The van der Waals surface area contributed by atoms with E-state index in [1.807, 2.05) is 0 Å². The average Bonchev–Trinajstić information content (AvgIpc) is 2.94. The molecule has 0 saturated carbocycles. The van der Waals surface area contributed by atoms with E-state index in [0.29, 0.717) is 0 Å². The highest BCUT2D eigenvalue weighted by Gasteiger charge is 2.08. The van der Waals surface area contributed by atoms with E-state index in [4.69, 9.17) is 0 Å². The highest BCUT2D eigenvalue weighted by Crippen LogP contribution is 2.31. The molecule has 0 amide bonds. The van der Waals surface area contributed by atoms with Crippen molar-refractivity contribution in [3.8, 4) is 33.4 Å². The maximum absolute atomic E-state index is 2.38. The molecule has 36 heavy (non-hydrogen) atoms. The van der Waals surface area contributed by atoms with Crippen LogP contribution in [0.2, 0.25) is 0 Å². The van der Waals surface area contributed by atoms with E-state index in [9.17, 15) is 0 Å². The number of unbranched alkanes of at least 4 members (excludes halogenated alkanes) is 4. The van der Waals surface area contributed by atoms with Crippen molar-refractivity contribution >= 4 is 0 Å². The molecular formula is C36H42. The van der Waals surface area contributed by atoms with Crippen molar-refractivity contribution in [2.75, 3.05) is 0 Å². The van der Waals surface area contributed by atoms with Crippen LogP contribution in [0.25, 0.3) is 33.4 Å². The summed E-state index contributed by atoms with van der Waals surface area (Å²) in [5.74, 6) is 0. The van der Waals surface area contributed by atoms with E-state index in [0.717, 1.165) is 6.42 Å². The lowest BCUT2D eigenvalue weighted by atomic mass is 9.92. The Hall–Kier alpha value is -3.12. The predicted octanol–water partition coefficient (Wildman–Crippen LogP) is 10.7. The molecule has 0 spiro atoms. The van der Waals surface area contributed by atoms with Gasteiger partial charge in [0.1, 0.15) is 0 Å². The molecule has 0 saturated heterocycles. The van der Waals surface area contributed by atoms with Crippen molar-refractivity contribution in [2.24, 2.45) is 0 Å². The van der Waals surface area contributed by atoms with Crippen LogP contribution in [0.5, 0.6) is 0 Å². The molecule has 0 heteroatoms. The van der Waals surface area contributed by atoms with Gasteiger partial charge in [-0.25, -0.2) is 0 Å². The lowest BCUT2D eigenvalue weighted by Crippen LogP contribution is -1.91. The Labute approximate surface area is 219 Å². The molecule has 0 unspecified atom stereocenters. The Morgan fingerprint density at radius 2 is 0.833 bits per heavy atom. The third-order valence-electron chi connectivity index (χ3n) is 7.39. The molecule has 4 rings (SSSR count). The van der Waals surface area contributed by atoms with Gasteiger partial charge in [0.25, 0.3) is 0 Å². The highest BCUT2D eigenvalue weighted by atomic mass is 14.1. The molecule has 186 valence electrons. The minimum absolute atomic E-state index is 1.03. The largest absolute Gasteiger partial charge is 0.0654 e. The van der Waals surface area contributed by atoms with Crippen molar-refractivity contribution in [3.63, 3.8) is 0 Å². The Morgan fingerprint density at radius 1 is 0.417 bits per heavy atom. The van der Waals surface area contributed by atoms with Gasteiger partial charge in [0.15, 0.2) is 0 Å². The standard InChI is InChI=1S/C36H42/c1-4-7-9-11-28-13-17-31(18-14-28)32-21-23-33(24-22-32)35-25-26-36(30(6-3)27-35)34-19-15-29(16-20-34)12-10-8-5-2/h13-27H,4-12H2,1-3H3. The van der Waals surface area contributed by atoms with Crippen molar-refractivity contribution in [2.45, 2.75) is 78.6 Å². The van der Waals surface area contributed by atoms with E-state index in [2.05, 4.69) is 112 Å². The van der Waals surface area contributed by atoms with Crippen molar-refractivity contribution in [1.29, 1.82) is 0 Å². The summed E-state index contributed by atoms with van der Waals surface area (Å²) < 4.78 is 0. The first-order valence-corrected chi connectivity index (χ1v) is 14.1. The van der Waals surface area contributed by atoms with Gasteiger partial charge < -0.3 is 0 Å². The van der Waals surface area contributed by atoms with Crippen LogP contribution in [0.15, 0.2) is 91.0 Å². The first-order chi connectivity index (χ1) is 17.7. The summed E-state index contributed by atoms with van der Waals surface area (Å²) in [6, 6.07) is 34.4. The molecule has 0 bridgehead atoms. The molecule has 0 aliphatic heterocycles. The lowest BCUT2D eigenvalue weighted by Gasteiger charge is -2.13. The Bertz CT molecular complexity index is 1190. The Kier molecular flexibility index (Phi) is 9.56. The molecule has 0 atom stereocenters. The van der Waals surface area contributed by atoms with Crippen LogP contribution < -0.4 is 0 Å². The number of rotatable bonds is 12. The number of hydrogen-bond donors (Lipinski definition) is 0. The first-order valence-electron chi connectivity index (χ1n) is 14.1. The van der Waals surface area contributed by atoms with E-state index in [1.54, 1.807) is 0 Å². The smallest absolute Gasteiger partial charge is 0.0152 e. The summed E-state index contributed by atoms with van der Waals surface area (Å²) >= 11 is 0. The van der Waals surface area contributed by atoms with Crippen molar-refractivity contribution in [3.05, 3.63) is 108 Å². The zero-order valence-electron chi connectivity index (χ0n) is 22.5. The van der Waals surface area contributed by atoms with Gasteiger partial charge in [0.2, 0.25) is 0 Å². The molecule has 0 aliphatic carbocycles. The van der Waals surface area contributed by atoms with E-state index < -0.39 is 0 Å². The summed E-state index contributed by atoms with van der Waals surface area (Å²) in [6.07, 6.45) is 11.2. The Balaban J connectivity index is 1.47. The highest BCUT2D eigenvalue weighted by molar-refractivity contribution is 5.75. The first kappa shape index (κ1) is 26.0. The van der Waals surface area contributed by atoms with Gasteiger partial charge in [0, 0.05) is 0 Å². The van der Waals surface area contributed by atoms with Crippen LogP contribution in [0.3, 0.4) is 0 Å². The fraction of sp³-hybridized carbons (Fsp3) is 0.333. The minimum atomic E-state index is 1.03. The van der Waals surface area contributed by atoms with Crippen LogP contribution in [-0.4, -0.2) is 0 Å². The molecule has 0 radical (unpaired) electrons. The van der Waals surface area contributed by atoms with Crippen molar-refractivity contribution < 1.29 is 0 Å².